The number of rotatable bonds is 0. The van der Waals surface area contributed by atoms with E-state index in [9.17, 15) is 0 Å². The maximum atomic E-state index is 5.97. The van der Waals surface area contributed by atoms with E-state index in [0.29, 0.717) is 26.4 Å². The summed E-state index contributed by atoms with van der Waals surface area (Å²) in [6, 6.07) is 32.4. The number of benzene rings is 4. The molecule has 0 spiro atoms. The Hall–Kier alpha value is -4.44. The van der Waals surface area contributed by atoms with Gasteiger partial charge in [-0.1, -0.05) is 72.8 Å². The van der Waals surface area contributed by atoms with Crippen LogP contribution in [0.4, 0.5) is 0 Å². The molecule has 4 aromatic rings. The fourth-order valence-corrected chi connectivity index (χ4v) is 4.09. The van der Waals surface area contributed by atoms with Crippen LogP contribution in [0.25, 0.3) is 24.3 Å². The highest BCUT2D eigenvalue weighted by molar-refractivity contribution is 5.71. The van der Waals surface area contributed by atoms with Gasteiger partial charge in [0.15, 0.2) is 0 Å². The van der Waals surface area contributed by atoms with E-state index in [1.807, 2.05) is 72.8 Å². The molecule has 0 aliphatic carbocycles. The van der Waals surface area contributed by atoms with Crippen LogP contribution in [0, 0.1) is 0 Å². The summed E-state index contributed by atoms with van der Waals surface area (Å²) < 4.78 is 23.9. The van der Waals surface area contributed by atoms with Crippen molar-refractivity contribution < 1.29 is 18.9 Å². The lowest BCUT2D eigenvalue weighted by Gasteiger charge is -2.10. The molecule has 38 heavy (non-hydrogen) atoms. The molecule has 192 valence electrons. The lowest BCUT2D eigenvalue weighted by molar-refractivity contribution is 0.247. The van der Waals surface area contributed by atoms with Crippen molar-refractivity contribution >= 4 is 24.3 Å². The van der Waals surface area contributed by atoms with E-state index in [2.05, 4.69) is 48.6 Å². The maximum Gasteiger partial charge on any atom is 0.119 e. The van der Waals surface area contributed by atoms with Crippen LogP contribution in [0.2, 0.25) is 0 Å². The minimum atomic E-state index is 0.588. The summed E-state index contributed by atoms with van der Waals surface area (Å²) in [5.74, 6) is 3.40. The van der Waals surface area contributed by atoms with Crippen molar-refractivity contribution in [1.29, 1.82) is 0 Å². The lowest BCUT2D eigenvalue weighted by atomic mass is 10.1. The zero-order valence-electron chi connectivity index (χ0n) is 21.4. The monoisotopic (exact) mass is 504 g/mol. The lowest BCUT2D eigenvalue weighted by Crippen LogP contribution is -2.05. The Balaban J connectivity index is 1.30. The summed E-state index contributed by atoms with van der Waals surface area (Å²) in [6.07, 6.45) is 9.93. The first-order valence-electron chi connectivity index (χ1n) is 13.1. The zero-order chi connectivity index (χ0) is 25.8. The summed E-state index contributed by atoms with van der Waals surface area (Å²) in [7, 11) is 0. The third kappa shape index (κ3) is 7.78. The molecule has 0 saturated heterocycles. The molecule has 0 amide bonds. The van der Waals surface area contributed by atoms with Crippen LogP contribution in [-0.4, -0.2) is 26.4 Å². The van der Waals surface area contributed by atoms with Crippen molar-refractivity contribution in [2.45, 2.75) is 12.8 Å². The first-order chi connectivity index (χ1) is 18.8. The van der Waals surface area contributed by atoms with Gasteiger partial charge < -0.3 is 18.9 Å². The molecule has 4 nitrogen and oxygen atoms in total. The van der Waals surface area contributed by atoms with Crippen molar-refractivity contribution in [3.8, 4) is 23.0 Å². The summed E-state index contributed by atoms with van der Waals surface area (Å²) in [5, 5.41) is 0. The van der Waals surface area contributed by atoms with Gasteiger partial charge in [-0.3, -0.25) is 0 Å². The molecule has 4 aromatic carbocycles. The van der Waals surface area contributed by atoms with Crippen molar-refractivity contribution in [2.24, 2.45) is 0 Å². The van der Waals surface area contributed by atoms with Gasteiger partial charge in [0.05, 0.1) is 26.4 Å². The topological polar surface area (TPSA) is 36.9 Å². The fourth-order valence-electron chi connectivity index (χ4n) is 4.09. The van der Waals surface area contributed by atoms with Gasteiger partial charge in [0, 0.05) is 12.8 Å². The Morgan fingerprint density at radius 2 is 0.605 bits per heavy atom. The molecule has 0 N–H and O–H groups in total. The van der Waals surface area contributed by atoms with Gasteiger partial charge in [0.1, 0.15) is 23.0 Å². The standard InChI is InChI=1S/C34H32O4/c1-7-27-15-16-28-8-2-12-32(24-28)37-21-6-22-38-34-14-4-10-30(26-34)18-17-29-9-3-13-33(25-29)36-20-5-19-35-31(11-1)23-27/h1-4,7-18,23-26H,5-6,19-22H2/b16-15+,18-17+. The Labute approximate surface area is 224 Å². The van der Waals surface area contributed by atoms with Crippen LogP contribution in [0.5, 0.6) is 23.0 Å². The molecule has 8 bridgehead atoms. The van der Waals surface area contributed by atoms with Crippen molar-refractivity contribution in [2.75, 3.05) is 26.4 Å². The molecule has 1 aliphatic heterocycles. The van der Waals surface area contributed by atoms with Crippen LogP contribution in [0.3, 0.4) is 0 Å². The first-order valence-corrected chi connectivity index (χ1v) is 13.1. The molecule has 0 aromatic heterocycles. The Bertz CT molecular complexity index is 1180. The van der Waals surface area contributed by atoms with E-state index in [-0.39, 0.29) is 0 Å². The van der Waals surface area contributed by atoms with Crippen LogP contribution >= 0.6 is 0 Å². The van der Waals surface area contributed by atoms with Crippen molar-refractivity contribution in [3.63, 3.8) is 0 Å². The van der Waals surface area contributed by atoms with Crippen molar-refractivity contribution in [3.05, 3.63) is 119 Å². The van der Waals surface area contributed by atoms with Crippen LogP contribution in [0.15, 0.2) is 97.1 Å². The molecule has 0 unspecified atom stereocenters. The second-order valence-corrected chi connectivity index (χ2v) is 9.06. The molecule has 5 rings (SSSR count). The second kappa shape index (κ2) is 13.2. The van der Waals surface area contributed by atoms with Gasteiger partial charge >= 0.3 is 0 Å². The molecule has 0 saturated carbocycles. The summed E-state index contributed by atoms with van der Waals surface area (Å²) >= 11 is 0. The first kappa shape index (κ1) is 25.2. The van der Waals surface area contributed by atoms with Crippen LogP contribution < -0.4 is 18.9 Å². The van der Waals surface area contributed by atoms with E-state index in [0.717, 1.165) is 58.1 Å². The fraction of sp³-hybridized carbons (Fsp3) is 0.176. The van der Waals surface area contributed by atoms with E-state index in [4.69, 9.17) is 18.9 Å². The van der Waals surface area contributed by atoms with Gasteiger partial charge in [-0.15, -0.1) is 0 Å². The molecular formula is C34H32O4. The number of hydrogen-bond donors (Lipinski definition) is 0. The predicted octanol–water partition coefficient (Wildman–Crippen LogP) is 8.04. The molecule has 1 heterocycles. The Morgan fingerprint density at radius 3 is 0.868 bits per heavy atom. The van der Waals surface area contributed by atoms with E-state index < -0.39 is 0 Å². The second-order valence-electron chi connectivity index (χ2n) is 9.06. The summed E-state index contributed by atoms with van der Waals surface area (Å²) in [4.78, 5) is 0. The van der Waals surface area contributed by atoms with Crippen molar-refractivity contribution in [1.82, 2.24) is 0 Å². The quantitative estimate of drug-likeness (QED) is 0.243. The molecule has 0 fully saturated rings. The molecule has 1 aliphatic rings. The van der Waals surface area contributed by atoms with Crippen LogP contribution in [-0.2, 0) is 0 Å². The third-order valence-electron chi connectivity index (χ3n) is 6.02. The largest absolute Gasteiger partial charge is 0.493 e. The van der Waals surface area contributed by atoms with Gasteiger partial charge in [0.2, 0.25) is 0 Å². The molecular weight excluding hydrogens is 472 g/mol. The third-order valence-corrected chi connectivity index (χ3v) is 6.02. The molecule has 4 heteroatoms. The number of fused-ring (bicyclic) bond motifs is 8. The predicted molar refractivity (Wildman–Crippen MR) is 155 cm³/mol. The van der Waals surface area contributed by atoms with Gasteiger partial charge in [-0.05, 0) is 70.8 Å². The highest BCUT2D eigenvalue weighted by atomic mass is 16.5. The minimum Gasteiger partial charge on any atom is -0.493 e. The number of ether oxygens (including phenoxy) is 4. The highest BCUT2D eigenvalue weighted by Crippen LogP contribution is 2.21. The van der Waals surface area contributed by atoms with Gasteiger partial charge in [-0.2, -0.15) is 0 Å². The van der Waals surface area contributed by atoms with E-state index >= 15 is 0 Å². The summed E-state index contributed by atoms with van der Waals surface area (Å²) in [5.41, 5.74) is 4.32. The normalized spacial score (nSPS) is 16.0. The van der Waals surface area contributed by atoms with E-state index in [1.165, 1.54) is 0 Å². The average molecular weight is 505 g/mol. The number of hydrogen-bond acceptors (Lipinski definition) is 4. The SMILES string of the molecule is C1=C/c2cccc(c2)OCCCOc2cccc(c2)/C=C/c2cccc(c2)OCCCOc2cccc/1c2. The van der Waals surface area contributed by atoms with Crippen LogP contribution in [0.1, 0.15) is 35.1 Å². The molecule has 0 radical (unpaired) electrons. The Morgan fingerprint density at radius 1 is 0.342 bits per heavy atom. The zero-order valence-corrected chi connectivity index (χ0v) is 21.4. The molecule has 0 atom stereocenters. The average Bonchev–Trinajstić information content (AvgIpc) is 2.95. The highest BCUT2D eigenvalue weighted by Gasteiger charge is 2.01. The summed E-state index contributed by atoms with van der Waals surface area (Å²) in [6.45, 7) is 2.35. The smallest absolute Gasteiger partial charge is 0.119 e. The minimum absolute atomic E-state index is 0.588. The van der Waals surface area contributed by atoms with E-state index in [1.54, 1.807) is 0 Å². The van der Waals surface area contributed by atoms with Gasteiger partial charge in [0.25, 0.3) is 0 Å². The maximum absolute atomic E-state index is 5.97. The Kier molecular flexibility index (Phi) is 8.76. The van der Waals surface area contributed by atoms with Gasteiger partial charge in [-0.25, -0.2) is 0 Å².